The molecule has 0 saturated heterocycles. The molecular weight excluding hydrogens is 432 g/mol. The van der Waals surface area contributed by atoms with Crippen LogP contribution in [0.25, 0.3) is 51.5 Å². The number of hydrogen-bond acceptors (Lipinski definition) is 2. The highest BCUT2D eigenvalue weighted by atomic mass is 79.9. The predicted molar refractivity (Wildman–Crippen MR) is 125 cm³/mol. The molecule has 0 amide bonds. The summed E-state index contributed by atoms with van der Waals surface area (Å²) in [7, 11) is 0. The molecule has 3 heteroatoms. The van der Waals surface area contributed by atoms with Crippen LogP contribution in [0.4, 0.5) is 0 Å². The standard InChI is InChI=1S/C24H13BrS2/c25-20-12-5-11-19-18-10-4-9-17(23(18)27-24(19)20)16-8-3-7-15-14-6-1-2-13-21(14)26-22(15)16/h1-13H. The molecule has 0 spiro atoms. The van der Waals surface area contributed by atoms with Crippen molar-refractivity contribution in [1.82, 2.24) is 0 Å². The monoisotopic (exact) mass is 444 g/mol. The maximum Gasteiger partial charge on any atom is 0.0497 e. The summed E-state index contributed by atoms with van der Waals surface area (Å²) in [5.74, 6) is 0. The average molecular weight is 445 g/mol. The average Bonchev–Trinajstić information content (AvgIpc) is 3.27. The van der Waals surface area contributed by atoms with E-state index >= 15 is 0 Å². The van der Waals surface area contributed by atoms with Gasteiger partial charge in [0.1, 0.15) is 0 Å². The lowest BCUT2D eigenvalue weighted by Crippen LogP contribution is -1.78. The molecule has 6 aromatic rings. The number of benzene rings is 4. The Labute approximate surface area is 172 Å². The molecule has 0 aliphatic carbocycles. The van der Waals surface area contributed by atoms with Crippen molar-refractivity contribution >= 4 is 78.9 Å². The Hall–Kier alpha value is -2.20. The Morgan fingerprint density at radius 3 is 1.81 bits per heavy atom. The minimum Gasteiger partial charge on any atom is -0.135 e. The van der Waals surface area contributed by atoms with Crippen molar-refractivity contribution in [3.05, 3.63) is 83.3 Å². The van der Waals surface area contributed by atoms with E-state index in [0.29, 0.717) is 0 Å². The van der Waals surface area contributed by atoms with Gasteiger partial charge in [-0.15, -0.1) is 22.7 Å². The topological polar surface area (TPSA) is 0 Å². The largest absolute Gasteiger partial charge is 0.135 e. The molecule has 6 rings (SSSR count). The number of halogens is 1. The van der Waals surface area contributed by atoms with E-state index in [4.69, 9.17) is 0 Å². The highest BCUT2D eigenvalue weighted by Crippen LogP contribution is 2.46. The molecule has 27 heavy (non-hydrogen) atoms. The van der Waals surface area contributed by atoms with E-state index in [0.717, 1.165) is 0 Å². The third kappa shape index (κ3) is 2.26. The normalized spacial score (nSPS) is 11.9. The van der Waals surface area contributed by atoms with E-state index < -0.39 is 0 Å². The van der Waals surface area contributed by atoms with Crippen molar-refractivity contribution in [2.24, 2.45) is 0 Å². The van der Waals surface area contributed by atoms with E-state index in [1.54, 1.807) is 0 Å². The zero-order valence-corrected chi connectivity index (χ0v) is 17.4. The van der Waals surface area contributed by atoms with Gasteiger partial charge in [-0.2, -0.15) is 0 Å². The summed E-state index contributed by atoms with van der Waals surface area (Å²) in [6.45, 7) is 0. The number of hydrogen-bond donors (Lipinski definition) is 0. The van der Waals surface area contributed by atoms with E-state index in [2.05, 4.69) is 94.8 Å². The molecule has 0 fully saturated rings. The Bertz CT molecular complexity index is 1490. The maximum atomic E-state index is 3.73. The fourth-order valence-corrected chi connectivity index (χ4v) is 7.03. The summed E-state index contributed by atoms with van der Waals surface area (Å²) in [6.07, 6.45) is 0. The second-order valence-corrected chi connectivity index (χ2v) is 9.61. The van der Waals surface area contributed by atoms with Crippen LogP contribution in [0.15, 0.2) is 83.3 Å². The fourth-order valence-electron chi connectivity index (χ4n) is 3.96. The lowest BCUT2D eigenvalue weighted by Gasteiger charge is -2.05. The van der Waals surface area contributed by atoms with Crippen molar-refractivity contribution in [2.45, 2.75) is 0 Å². The van der Waals surface area contributed by atoms with Gasteiger partial charge in [-0.3, -0.25) is 0 Å². The predicted octanol–water partition coefficient (Wildman–Crippen LogP) is 8.85. The first kappa shape index (κ1) is 15.8. The molecule has 0 nitrogen and oxygen atoms in total. The summed E-state index contributed by atoms with van der Waals surface area (Å²) in [6, 6.07) is 28.6. The van der Waals surface area contributed by atoms with Gasteiger partial charge >= 0.3 is 0 Å². The van der Waals surface area contributed by atoms with Crippen LogP contribution < -0.4 is 0 Å². The van der Waals surface area contributed by atoms with E-state index in [9.17, 15) is 0 Å². The molecule has 0 saturated carbocycles. The highest BCUT2D eigenvalue weighted by molar-refractivity contribution is 9.10. The van der Waals surface area contributed by atoms with Crippen molar-refractivity contribution in [1.29, 1.82) is 0 Å². The molecule has 0 bridgehead atoms. The molecule has 0 unspecified atom stereocenters. The number of thiophene rings is 2. The fraction of sp³-hybridized carbons (Fsp3) is 0. The van der Waals surface area contributed by atoms with Gasteiger partial charge in [0.15, 0.2) is 0 Å². The first-order chi connectivity index (χ1) is 13.3. The van der Waals surface area contributed by atoms with Crippen molar-refractivity contribution < 1.29 is 0 Å². The minimum atomic E-state index is 1.17. The van der Waals surface area contributed by atoms with Crippen LogP contribution in [0.2, 0.25) is 0 Å². The molecule has 128 valence electrons. The van der Waals surface area contributed by atoms with Gasteiger partial charge in [0.2, 0.25) is 0 Å². The van der Waals surface area contributed by atoms with Crippen LogP contribution >= 0.6 is 38.6 Å². The van der Waals surface area contributed by atoms with Gasteiger partial charge in [0, 0.05) is 55.9 Å². The first-order valence-corrected chi connectivity index (χ1v) is 11.2. The van der Waals surface area contributed by atoms with Crippen LogP contribution in [0.5, 0.6) is 0 Å². The summed E-state index contributed by atoms with van der Waals surface area (Å²) in [4.78, 5) is 0. The zero-order chi connectivity index (χ0) is 18.0. The van der Waals surface area contributed by atoms with E-state index in [1.807, 2.05) is 22.7 Å². The molecule has 0 N–H and O–H groups in total. The minimum absolute atomic E-state index is 1.17. The summed E-state index contributed by atoms with van der Waals surface area (Å²) in [5.41, 5.74) is 2.67. The van der Waals surface area contributed by atoms with Gasteiger partial charge in [-0.05, 0) is 28.1 Å². The van der Waals surface area contributed by atoms with Gasteiger partial charge in [0.05, 0.1) is 0 Å². The highest BCUT2D eigenvalue weighted by Gasteiger charge is 2.15. The van der Waals surface area contributed by atoms with Gasteiger partial charge in [-0.1, -0.05) is 66.7 Å². The van der Waals surface area contributed by atoms with Crippen LogP contribution in [0, 0.1) is 0 Å². The molecule has 2 heterocycles. The zero-order valence-electron chi connectivity index (χ0n) is 14.2. The number of rotatable bonds is 1. The quantitative estimate of drug-likeness (QED) is 0.237. The first-order valence-electron chi connectivity index (χ1n) is 8.81. The van der Waals surface area contributed by atoms with E-state index in [1.165, 1.54) is 55.9 Å². The van der Waals surface area contributed by atoms with Crippen molar-refractivity contribution in [3.8, 4) is 11.1 Å². The molecule has 0 atom stereocenters. The lowest BCUT2D eigenvalue weighted by atomic mass is 10.0. The van der Waals surface area contributed by atoms with Crippen LogP contribution in [-0.2, 0) is 0 Å². The molecule has 0 aliphatic heterocycles. The Kier molecular flexibility index (Phi) is 3.46. The molecule has 4 aromatic carbocycles. The second kappa shape index (κ2) is 5.90. The molecule has 2 aromatic heterocycles. The van der Waals surface area contributed by atoms with Crippen LogP contribution in [-0.4, -0.2) is 0 Å². The Morgan fingerprint density at radius 2 is 1.04 bits per heavy atom. The van der Waals surface area contributed by atoms with Gasteiger partial charge in [0.25, 0.3) is 0 Å². The van der Waals surface area contributed by atoms with Crippen LogP contribution in [0.1, 0.15) is 0 Å². The third-order valence-electron chi connectivity index (χ3n) is 5.17. The van der Waals surface area contributed by atoms with E-state index in [-0.39, 0.29) is 0 Å². The third-order valence-corrected chi connectivity index (χ3v) is 8.60. The van der Waals surface area contributed by atoms with Crippen LogP contribution in [0.3, 0.4) is 0 Å². The number of fused-ring (bicyclic) bond motifs is 6. The van der Waals surface area contributed by atoms with Crippen molar-refractivity contribution in [2.75, 3.05) is 0 Å². The SMILES string of the molecule is Brc1cccc2c1sc1c(-c3cccc4c3sc3ccccc34)cccc12. The molecule has 0 aliphatic rings. The van der Waals surface area contributed by atoms with Crippen molar-refractivity contribution in [3.63, 3.8) is 0 Å². The maximum absolute atomic E-state index is 3.73. The molecule has 0 radical (unpaired) electrons. The Balaban J connectivity index is 1.76. The summed E-state index contributed by atoms with van der Waals surface area (Å²) >= 11 is 7.51. The lowest BCUT2D eigenvalue weighted by molar-refractivity contribution is 1.76. The summed E-state index contributed by atoms with van der Waals surface area (Å²) in [5, 5.41) is 5.37. The summed E-state index contributed by atoms with van der Waals surface area (Å²) < 4.78 is 6.59. The molecular formula is C24H13BrS2. The smallest absolute Gasteiger partial charge is 0.0497 e. The van der Waals surface area contributed by atoms with Gasteiger partial charge < -0.3 is 0 Å². The second-order valence-electron chi connectivity index (χ2n) is 6.68. The Morgan fingerprint density at radius 1 is 0.481 bits per heavy atom. The van der Waals surface area contributed by atoms with Gasteiger partial charge in [-0.25, -0.2) is 0 Å².